The summed E-state index contributed by atoms with van der Waals surface area (Å²) in [7, 11) is 0. The number of aromatic amines is 1. The number of morpholine rings is 1. The van der Waals surface area contributed by atoms with Crippen LogP contribution in [0.4, 0.5) is 17.3 Å². The summed E-state index contributed by atoms with van der Waals surface area (Å²) in [6.07, 6.45) is 0.620. The molecule has 4 heterocycles. The van der Waals surface area contributed by atoms with Crippen LogP contribution in [-0.2, 0) is 22.5 Å². The predicted octanol–water partition coefficient (Wildman–Crippen LogP) is 2.46. The zero-order valence-electron chi connectivity index (χ0n) is 21.3. The first-order valence-electron chi connectivity index (χ1n) is 12.5. The SMILES string of the molecule is C[C@H]1COCCN1c1nc(-c2ccc(Nc3cccc(=O)[nH]3)cc2)nc2c1CCN(C(=O)C(C)(C)O)C2. The second-order valence-electron chi connectivity index (χ2n) is 10.1. The monoisotopic (exact) mass is 504 g/mol. The first-order valence-corrected chi connectivity index (χ1v) is 12.5. The van der Waals surface area contributed by atoms with E-state index in [1.807, 2.05) is 24.3 Å². The summed E-state index contributed by atoms with van der Waals surface area (Å²) in [5.74, 6) is 1.75. The summed E-state index contributed by atoms with van der Waals surface area (Å²) in [6.45, 7) is 7.95. The molecule has 2 aliphatic rings. The number of H-pyrrole nitrogens is 1. The number of pyridine rings is 1. The largest absolute Gasteiger partial charge is 0.381 e. The number of amides is 1. The van der Waals surface area contributed by atoms with E-state index < -0.39 is 5.60 Å². The molecule has 5 rings (SSSR count). The number of anilines is 3. The second kappa shape index (κ2) is 9.95. The predicted molar refractivity (Wildman–Crippen MR) is 141 cm³/mol. The Morgan fingerprint density at radius 1 is 1.16 bits per heavy atom. The third-order valence-corrected chi connectivity index (χ3v) is 6.68. The number of aromatic nitrogens is 3. The van der Waals surface area contributed by atoms with Crippen LogP contribution in [0.3, 0.4) is 0 Å². The number of ether oxygens (including phenoxy) is 1. The number of fused-ring (bicyclic) bond motifs is 1. The molecule has 2 aliphatic heterocycles. The summed E-state index contributed by atoms with van der Waals surface area (Å²) in [6, 6.07) is 12.8. The number of rotatable bonds is 5. The van der Waals surface area contributed by atoms with Crippen molar-refractivity contribution in [1.29, 1.82) is 0 Å². The average molecular weight is 505 g/mol. The Balaban J connectivity index is 1.49. The molecule has 1 fully saturated rings. The van der Waals surface area contributed by atoms with Crippen molar-refractivity contribution in [3.05, 3.63) is 64.1 Å². The molecule has 3 N–H and O–H groups in total. The molecule has 0 saturated carbocycles. The maximum Gasteiger partial charge on any atom is 0.254 e. The molecule has 1 atom stereocenters. The fourth-order valence-electron chi connectivity index (χ4n) is 4.76. The van der Waals surface area contributed by atoms with Crippen LogP contribution >= 0.6 is 0 Å². The minimum absolute atomic E-state index is 0.163. The van der Waals surface area contributed by atoms with Crippen LogP contribution in [0.2, 0.25) is 0 Å². The van der Waals surface area contributed by atoms with E-state index in [1.165, 1.54) is 19.9 Å². The van der Waals surface area contributed by atoms with Gasteiger partial charge in [0.05, 0.1) is 31.5 Å². The molecule has 1 amide bonds. The minimum atomic E-state index is -1.44. The van der Waals surface area contributed by atoms with Gasteiger partial charge in [0.2, 0.25) is 5.56 Å². The standard InChI is InChI=1S/C27H32N6O4/c1-17-16-37-14-13-33(17)25-20-11-12-32(26(35)27(2,3)36)15-21(20)29-24(31-25)18-7-9-19(10-8-18)28-22-5-4-6-23(34)30-22/h4-10,17,36H,11-16H2,1-3H3,(H2,28,30,34)/t17-/m0/s1. The van der Waals surface area contributed by atoms with Crippen LogP contribution in [-0.4, -0.2) is 68.8 Å². The highest BCUT2D eigenvalue weighted by molar-refractivity contribution is 5.84. The highest BCUT2D eigenvalue weighted by Gasteiger charge is 2.34. The molecular weight excluding hydrogens is 472 g/mol. The number of benzene rings is 1. The van der Waals surface area contributed by atoms with Crippen LogP contribution in [0.25, 0.3) is 11.4 Å². The molecule has 0 aliphatic carbocycles. The summed E-state index contributed by atoms with van der Waals surface area (Å²) < 4.78 is 5.65. The summed E-state index contributed by atoms with van der Waals surface area (Å²) in [5.41, 5.74) is 1.87. The molecule has 0 radical (unpaired) electrons. The van der Waals surface area contributed by atoms with E-state index in [2.05, 4.69) is 22.1 Å². The molecule has 10 nitrogen and oxygen atoms in total. The number of nitrogens with zero attached hydrogens (tertiary/aromatic N) is 4. The third kappa shape index (κ3) is 5.35. The zero-order chi connectivity index (χ0) is 26.2. The fourth-order valence-corrected chi connectivity index (χ4v) is 4.76. The van der Waals surface area contributed by atoms with Gasteiger partial charge in [-0.15, -0.1) is 0 Å². The second-order valence-corrected chi connectivity index (χ2v) is 10.1. The van der Waals surface area contributed by atoms with E-state index in [4.69, 9.17) is 14.7 Å². The Kier molecular flexibility index (Phi) is 6.70. The fraction of sp³-hybridized carbons (Fsp3) is 0.407. The molecule has 37 heavy (non-hydrogen) atoms. The number of carbonyl (C=O) groups is 1. The van der Waals surface area contributed by atoms with Crippen molar-refractivity contribution >= 4 is 23.2 Å². The van der Waals surface area contributed by atoms with Gasteiger partial charge in [-0.2, -0.15) is 0 Å². The van der Waals surface area contributed by atoms with Crippen LogP contribution in [0, 0.1) is 0 Å². The lowest BCUT2D eigenvalue weighted by atomic mass is 10.0. The molecule has 0 unspecified atom stereocenters. The van der Waals surface area contributed by atoms with Crippen molar-refractivity contribution in [2.24, 2.45) is 0 Å². The summed E-state index contributed by atoms with van der Waals surface area (Å²) >= 11 is 0. The van der Waals surface area contributed by atoms with E-state index in [-0.39, 0.29) is 17.5 Å². The Hall–Kier alpha value is -3.76. The third-order valence-electron chi connectivity index (χ3n) is 6.68. The number of hydrogen-bond acceptors (Lipinski definition) is 8. The number of aliphatic hydroxyl groups is 1. The van der Waals surface area contributed by atoms with E-state index in [9.17, 15) is 14.7 Å². The van der Waals surface area contributed by atoms with Crippen molar-refractivity contribution in [3.63, 3.8) is 0 Å². The van der Waals surface area contributed by atoms with Gasteiger partial charge in [-0.05, 0) is 57.5 Å². The van der Waals surface area contributed by atoms with Gasteiger partial charge in [0.1, 0.15) is 17.2 Å². The van der Waals surface area contributed by atoms with Crippen LogP contribution in [0.1, 0.15) is 32.0 Å². The molecule has 1 aromatic carbocycles. The van der Waals surface area contributed by atoms with E-state index in [0.717, 1.165) is 34.9 Å². The molecule has 10 heteroatoms. The average Bonchev–Trinajstić information content (AvgIpc) is 2.87. The van der Waals surface area contributed by atoms with Crippen LogP contribution in [0.15, 0.2) is 47.3 Å². The van der Waals surface area contributed by atoms with Crippen molar-refractivity contribution in [2.75, 3.05) is 36.5 Å². The number of hydrogen-bond donors (Lipinski definition) is 3. The Labute approximate surface area is 215 Å². The molecule has 0 spiro atoms. The van der Waals surface area contributed by atoms with E-state index in [0.29, 0.717) is 44.4 Å². The maximum absolute atomic E-state index is 12.8. The summed E-state index contributed by atoms with van der Waals surface area (Å²) in [5, 5.41) is 13.5. The molecule has 2 aromatic heterocycles. The normalized spacial score (nSPS) is 17.9. The van der Waals surface area contributed by atoms with Crippen molar-refractivity contribution < 1.29 is 14.6 Å². The van der Waals surface area contributed by atoms with Gasteiger partial charge in [-0.25, -0.2) is 9.97 Å². The Morgan fingerprint density at radius 2 is 1.95 bits per heavy atom. The molecule has 0 bridgehead atoms. The smallest absolute Gasteiger partial charge is 0.254 e. The first kappa shape index (κ1) is 24.9. The number of nitrogens with one attached hydrogen (secondary N) is 2. The van der Waals surface area contributed by atoms with Gasteiger partial charge < -0.3 is 29.9 Å². The molecular formula is C27H32N6O4. The number of carbonyl (C=O) groups excluding carboxylic acids is 1. The lowest BCUT2D eigenvalue weighted by Crippen LogP contribution is -2.48. The zero-order valence-corrected chi connectivity index (χ0v) is 21.3. The highest BCUT2D eigenvalue weighted by atomic mass is 16.5. The van der Waals surface area contributed by atoms with Gasteiger partial charge in [-0.1, -0.05) is 6.07 Å². The molecule has 194 valence electrons. The quantitative estimate of drug-likeness (QED) is 0.484. The van der Waals surface area contributed by atoms with Gasteiger partial charge in [0.15, 0.2) is 5.82 Å². The maximum atomic E-state index is 12.8. The molecule has 1 saturated heterocycles. The topological polar surface area (TPSA) is 124 Å². The van der Waals surface area contributed by atoms with E-state index in [1.54, 1.807) is 17.0 Å². The van der Waals surface area contributed by atoms with Gasteiger partial charge >= 0.3 is 0 Å². The van der Waals surface area contributed by atoms with Gasteiger partial charge in [0, 0.05) is 36.0 Å². The van der Waals surface area contributed by atoms with Gasteiger partial charge in [0.25, 0.3) is 5.91 Å². The van der Waals surface area contributed by atoms with Crippen molar-refractivity contribution in [3.8, 4) is 11.4 Å². The minimum Gasteiger partial charge on any atom is -0.381 e. The van der Waals surface area contributed by atoms with Crippen LogP contribution in [0.5, 0.6) is 0 Å². The summed E-state index contributed by atoms with van der Waals surface area (Å²) in [4.78, 5) is 41.0. The molecule has 3 aromatic rings. The van der Waals surface area contributed by atoms with Gasteiger partial charge in [-0.3, -0.25) is 9.59 Å². The Bertz CT molecular complexity index is 1350. The van der Waals surface area contributed by atoms with E-state index >= 15 is 0 Å². The lowest BCUT2D eigenvalue weighted by Gasteiger charge is -2.38. The first-order chi connectivity index (χ1) is 17.7. The van der Waals surface area contributed by atoms with Crippen molar-refractivity contribution in [2.45, 2.75) is 45.4 Å². The highest BCUT2D eigenvalue weighted by Crippen LogP contribution is 2.32. The van der Waals surface area contributed by atoms with Crippen LogP contribution < -0.4 is 15.8 Å². The lowest BCUT2D eigenvalue weighted by molar-refractivity contribution is -0.148. The van der Waals surface area contributed by atoms with Crippen molar-refractivity contribution in [1.82, 2.24) is 19.9 Å². The Morgan fingerprint density at radius 3 is 2.65 bits per heavy atom.